The van der Waals surface area contributed by atoms with Gasteiger partial charge < -0.3 is 15.7 Å². The molecule has 3 N–H and O–H groups in total. The van der Waals surface area contributed by atoms with Crippen LogP contribution in [-0.2, 0) is 27.2 Å². The summed E-state index contributed by atoms with van der Waals surface area (Å²) in [5.41, 5.74) is 1.41. The molecular weight excluding hydrogens is 478 g/mol. The minimum absolute atomic E-state index is 0.112. The zero-order chi connectivity index (χ0) is 20.7. The van der Waals surface area contributed by atoms with Crippen molar-refractivity contribution in [2.75, 3.05) is 0 Å². The maximum Gasteiger partial charge on any atom is 0.326 e. The first kappa shape index (κ1) is 21.8. The maximum atomic E-state index is 13.1. The number of hydrogen-bond donors (Lipinski definition) is 3. The third-order valence-corrected chi connectivity index (χ3v) is 4.73. The van der Waals surface area contributed by atoms with Crippen LogP contribution in [0.25, 0.3) is 0 Å². The number of nitrogens with one attached hydrogen (secondary N) is 2. The molecule has 0 spiro atoms. The number of carbonyl (C=O) groups is 3. The summed E-state index contributed by atoms with van der Waals surface area (Å²) in [5.74, 6) is -2.62. The number of benzene rings is 2. The fourth-order valence-electron chi connectivity index (χ4n) is 2.64. The molecule has 0 fully saturated rings. The van der Waals surface area contributed by atoms with Gasteiger partial charge in [-0.15, -0.1) is 0 Å². The van der Waals surface area contributed by atoms with E-state index in [1.807, 2.05) is 12.1 Å². The summed E-state index contributed by atoms with van der Waals surface area (Å²) in [6.07, 6.45) is 0.225. The van der Waals surface area contributed by atoms with Gasteiger partial charge in [-0.1, -0.05) is 24.3 Å². The molecule has 0 aromatic heterocycles. The van der Waals surface area contributed by atoms with E-state index in [4.69, 9.17) is 0 Å². The Labute approximate surface area is 175 Å². The topological polar surface area (TPSA) is 95.5 Å². The van der Waals surface area contributed by atoms with Crippen molar-refractivity contribution in [3.05, 3.63) is 69.0 Å². The second-order valence-electron chi connectivity index (χ2n) is 6.31. The maximum absolute atomic E-state index is 13.1. The molecule has 0 saturated carbocycles. The van der Waals surface area contributed by atoms with E-state index in [9.17, 15) is 23.9 Å². The molecule has 28 heavy (non-hydrogen) atoms. The van der Waals surface area contributed by atoms with Gasteiger partial charge in [0.15, 0.2) is 0 Å². The highest BCUT2D eigenvalue weighted by Crippen LogP contribution is 2.10. The van der Waals surface area contributed by atoms with Gasteiger partial charge in [-0.05, 0) is 58.0 Å². The van der Waals surface area contributed by atoms with E-state index in [0.717, 1.165) is 9.13 Å². The molecule has 2 aromatic rings. The summed E-state index contributed by atoms with van der Waals surface area (Å²) in [5, 5.41) is 14.5. The Morgan fingerprint density at radius 2 is 1.43 bits per heavy atom. The van der Waals surface area contributed by atoms with E-state index in [2.05, 4.69) is 33.2 Å². The summed E-state index contributed by atoms with van der Waals surface area (Å²) in [7, 11) is 0. The van der Waals surface area contributed by atoms with Gasteiger partial charge in [0.1, 0.15) is 17.9 Å². The SMILES string of the molecule is CC(=O)N[C@H](Cc1ccc(F)cc1)C(=O)N[C@@H](Cc1ccc(I)cc1)C(=O)O. The van der Waals surface area contributed by atoms with Gasteiger partial charge in [0.05, 0.1) is 0 Å². The molecule has 0 bridgehead atoms. The van der Waals surface area contributed by atoms with Gasteiger partial charge in [0.2, 0.25) is 11.8 Å². The first-order valence-electron chi connectivity index (χ1n) is 8.53. The van der Waals surface area contributed by atoms with Gasteiger partial charge in [-0.25, -0.2) is 9.18 Å². The first-order valence-corrected chi connectivity index (χ1v) is 9.61. The van der Waals surface area contributed by atoms with Gasteiger partial charge in [0.25, 0.3) is 0 Å². The summed E-state index contributed by atoms with van der Waals surface area (Å²) >= 11 is 2.15. The number of carboxylic acids is 1. The Hall–Kier alpha value is -2.49. The van der Waals surface area contributed by atoms with Crippen LogP contribution < -0.4 is 10.6 Å². The zero-order valence-electron chi connectivity index (χ0n) is 15.1. The molecule has 0 unspecified atom stereocenters. The lowest BCUT2D eigenvalue weighted by Crippen LogP contribution is -2.52. The highest BCUT2D eigenvalue weighted by atomic mass is 127. The standard InChI is InChI=1S/C20H20FIN2O4/c1-12(25)23-17(10-13-2-6-15(21)7-3-13)19(26)24-18(20(27)28)11-14-4-8-16(22)9-5-14/h2-9,17-18H,10-11H2,1H3,(H,23,25)(H,24,26)(H,27,28)/t17-,18+/m1/s1. The van der Waals surface area contributed by atoms with Gasteiger partial charge in [-0.2, -0.15) is 0 Å². The molecule has 148 valence electrons. The van der Waals surface area contributed by atoms with Crippen LogP contribution in [0, 0.1) is 9.39 Å². The third kappa shape index (κ3) is 6.91. The predicted octanol–water partition coefficient (Wildman–Crippen LogP) is 2.29. The average Bonchev–Trinajstić information content (AvgIpc) is 2.63. The molecule has 2 rings (SSSR count). The molecule has 0 aliphatic heterocycles. The smallest absolute Gasteiger partial charge is 0.326 e. The van der Waals surface area contributed by atoms with Crippen molar-refractivity contribution in [3.8, 4) is 0 Å². The van der Waals surface area contributed by atoms with Crippen LogP contribution in [0.4, 0.5) is 4.39 Å². The molecule has 0 aliphatic carbocycles. The lowest BCUT2D eigenvalue weighted by atomic mass is 10.0. The van der Waals surface area contributed by atoms with Gasteiger partial charge in [0, 0.05) is 23.3 Å². The van der Waals surface area contributed by atoms with Crippen molar-refractivity contribution in [1.29, 1.82) is 0 Å². The summed E-state index contributed by atoms with van der Waals surface area (Å²) < 4.78 is 14.1. The molecule has 2 amide bonds. The minimum atomic E-state index is -1.17. The average molecular weight is 498 g/mol. The van der Waals surface area contributed by atoms with Crippen molar-refractivity contribution < 1.29 is 23.9 Å². The first-order chi connectivity index (χ1) is 13.2. The van der Waals surface area contributed by atoms with Crippen LogP contribution in [0.1, 0.15) is 18.1 Å². The number of rotatable bonds is 8. The highest BCUT2D eigenvalue weighted by molar-refractivity contribution is 14.1. The normalized spacial score (nSPS) is 12.7. The van der Waals surface area contributed by atoms with Crippen molar-refractivity contribution in [2.24, 2.45) is 0 Å². The van der Waals surface area contributed by atoms with E-state index in [1.54, 1.807) is 12.1 Å². The van der Waals surface area contributed by atoms with E-state index >= 15 is 0 Å². The largest absolute Gasteiger partial charge is 0.480 e. The van der Waals surface area contributed by atoms with Crippen molar-refractivity contribution in [1.82, 2.24) is 10.6 Å². The van der Waals surface area contributed by atoms with Crippen LogP contribution in [-0.4, -0.2) is 35.0 Å². The fraction of sp³-hybridized carbons (Fsp3) is 0.250. The molecule has 0 saturated heterocycles. The highest BCUT2D eigenvalue weighted by Gasteiger charge is 2.26. The molecule has 8 heteroatoms. The third-order valence-electron chi connectivity index (χ3n) is 4.01. The molecule has 2 aromatic carbocycles. The number of amides is 2. The number of carbonyl (C=O) groups excluding carboxylic acids is 2. The van der Waals surface area contributed by atoms with Crippen LogP contribution in [0.2, 0.25) is 0 Å². The van der Waals surface area contributed by atoms with Gasteiger partial charge >= 0.3 is 5.97 Å². The Kier molecular flexibility index (Phi) is 7.91. The minimum Gasteiger partial charge on any atom is -0.480 e. The summed E-state index contributed by atoms with van der Waals surface area (Å²) in [6.45, 7) is 1.27. The molecule has 0 heterocycles. The van der Waals surface area contributed by atoms with Crippen molar-refractivity contribution in [2.45, 2.75) is 31.8 Å². The van der Waals surface area contributed by atoms with E-state index in [-0.39, 0.29) is 12.8 Å². The molecule has 6 nitrogen and oxygen atoms in total. The Morgan fingerprint density at radius 1 is 0.929 bits per heavy atom. The molecule has 0 aliphatic rings. The molecule has 2 atom stereocenters. The van der Waals surface area contributed by atoms with E-state index in [1.165, 1.54) is 31.2 Å². The Morgan fingerprint density at radius 3 is 1.93 bits per heavy atom. The van der Waals surface area contributed by atoms with E-state index in [0.29, 0.717) is 5.56 Å². The number of carboxylic acid groups (broad SMARTS) is 1. The lowest BCUT2D eigenvalue weighted by molar-refractivity contribution is -0.142. The molecular formula is C20H20FIN2O4. The second kappa shape index (κ2) is 10.2. The number of hydrogen-bond acceptors (Lipinski definition) is 3. The summed E-state index contributed by atoms with van der Waals surface area (Å²) in [4.78, 5) is 35.7. The zero-order valence-corrected chi connectivity index (χ0v) is 17.3. The van der Waals surface area contributed by atoms with Crippen LogP contribution in [0.5, 0.6) is 0 Å². The quantitative estimate of drug-likeness (QED) is 0.487. The fourth-order valence-corrected chi connectivity index (χ4v) is 3.00. The van der Waals surface area contributed by atoms with Crippen molar-refractivity contribution in [3.63, 3.8) is 0 Å². The second-order valence-corrected chi connectivity index (χ2v) is 7.56. The predicted molar refractivity (Wildman–Crippen MR) is 110 cm³/mol. The lowest BCUT2D eigenvalue weighted by Gasteiger charge is -2.21. The van der Waals surface area contributed by atoms with E-state index < -0.39 is 35.7 Å². The monoisotopic (exact) mass is 498 g/mol. The Bertz CT molecular complexity index is 840. The van der Waals surface area contributed by atoms with Crippen LogP contribution in [0.15, 0.2) is 48.5 Å². The Balaban J connectivity index is 2.11. The molecule has 0 radical (unpaired) electrons. The number of aliphatic carboxylic acids is 1. The summed E-state index contributed by atoms with van der Waals surface area (Å²) in [6, 6.07) is 10.7. The van der Waals surface area contributed by atoms with Crippen LogP contribution in [0.3, 0.4) is 0 Å². The number of halogens is 2. The van der Waals surface area contributed by atoms with Crippen LogP contribution >= 0.6 is 22.6 Å². The van der Waals surface area contributed by atoms with Gasteiger partial charge in [-0.3, -0.25) is 9.59 Å². The van der Waals surface area contributed by atoms with Crippen molar-refractivity contribution >= 4 is 40.4 Å².